The van der Waals surface area contributed by atoms with Crippen molar-refractivity contribution in [1.82, 2.24) is 14.6 Å². The molecule has 0 saturated carbocycles. The molecule has 0 fully saturated rings. The topological polar surface area (TPSA) is 73.3 Å². The molecule has 0 bridgehead atoms. The van der Waals surface area contributed by atoms with Crippen LogP contribution in [0.25, 0.3) is 5.65 Å². The Bertz CT molecular complexity index is 327. The van der Waals surface area contributed by atoms with Crippen molar-refractivity contribution in [3.63, 3.8) is 0 Å². The second-order valence-corrected chi connectivity index (χ2v) is 1.89. The van der Waals surface area contributed by atoms with Crippen molar-refractivity contribution in [2.45, 2.75) is 0 Å². The summed E-state index contributed by atoms with van der Waals surface area (Å²) >= 11 is 0. The van der Waals surface area contributed by atoms with Gasteiger partial charge in [-0.25, -0.2) is 9.50 Å². The third-order valence-corrected chi connectivity index (χ3v) is 1.17. The highest BCUT2D eigenvalue weighted by Crippen LogP contribution is 1.93. The Morgan fingerprint density at radius 1 is 1.50 bits per heavy atom. The lowest BCUT2D eigenvalue weighted by Gasteiger charge is -1.85. The molecule has 5 heteroatoms. The van der Waals surface area contributed by atoms with Crippen molar-refractivity contribution in [3.8, 4) is 0 Å². The summed E-state index contributed by atoms with van der Waals surface area (Å²) in [7, 11) is 0. The van der Waals surface area contributed by atoms with E-state index in [0.29, 0.717) is 0 Å². The van der Waals surface area contributed by atoms with Crippen LogP contribution in [-0.2, 0) is 4.79 Å². The van der Waals surface area contributed by atoms with Gasteiger partial charge in [-0.05, 0) is 6.07 Å². The van der Waals surface area contributed by atoms with Gasteiger partial charge in [-0.1, -0.05) is 0 Å². The van der Waals surface area contributed by atoms with E-state index in [9.17, 15) is 0 Å². The molecular formula is C7H8N4O. The van der Waals surface area contributed by atoms with E-state index in [-0.39, 0.29) is 6.41 Å². The summed E-state index contributed by atoms with van der Waals surface area (Å²) in [5.41, 5.74) is 5.05. The maximum Gasteiger partial charge on any atom is 0.204 e. The summed E-state index contributed by atoms with van der Waals surface area (Å²) < 4.78 is 1.72. The first-order valence-corrected chi connectivity index (χ1v) is 3.28. The van der Waals surface area contributed by atoms with Crippen LogP contribution in [0.3, 0.4) is 0 Å². The molecular weight excluding hydrogens is 156 g/mol. The fraction of sp³-hybridized carbons (Fsp3) is 0. The standard InChI is InChI=1S/C6H5N3.CH3NO/c1-3-7-6-2-4-8-9(6)5-1;2-1-3/h1-5H;1H,(H2,2,3). The highest BCUT2D eigenvalue weighted by atomic mass is 16.1. The third kappa shape index (κ3) is 1.79. The first kappa shape index (κ1) is 8.19. The highest BCUT2D eigenvalue weighted by Gasteiger charge is 1.86. The van der Waals surface area contributed by atoms with Crippen LogP contribution in [0.4, 0.5) is 0 Å². The zero-order valence-corrected chi connectivity index (χ0v) is 6.29. The molecule has 2 N–H and O–H groups in total. The Morgan fingerprint density at radius 3 is 2.92 bits per heavy atom. The molecule has 5 nitrogen and oxygen atoms in total. The van der Waals surface area contributed by atoms with Crippen molar-refractivity contribution in [3.05, 3.63) is 30.7 Å². The number of fused-ring (bicyclic) bond motifs is 1. The summed E-state index contributed by atoms with van der Waals surface area (Å²) in [6.07, 6.45) is 5.59. The molecule has 0 saturated heterocycles. The van der Waals surface area contributed by atoms with Gasteiger partial charge in [0.2, 0.25) is 6.41 Å². The zero-order valence-electron chi connectivity index (χ0n) is 6.29. The second-order valence-electron chi connectivity index (χ2n) is 1.89. The van der Waals surface area contributed by atoms with E-state index in [2.05, 4.69) is 15.8 Å². The van der Waals surface area contributed by atoms with Crippen molar-refractivity contribution >= 4 is 12.1 Å². The minimum Gasteiger partial charge on any atom is -0.372 e. The van der Waals surface area contributed by atoms with Crippen LogP contribution < -0.4 is 5.73 Å². The van der Waals surface area contributed by atoms with Crippen molar-refractivity contribution < 1.29 is 4.79 Å². The van der Waals surface area contributed by atoms with Crippen molar-refractivity contribution in [2.24, 2.45) is 5.73 Å². The van der Waals surface area contributed by atoms with E-state index in [1.165, 1.54) is 0 Å². The number of aromatic nitrogens is 3. The number of nitrogens with two attached hydrogens (primary N) is 1. The predicted octanol–water partition coefficient (Wildman–Crippen LogP) is -0.169. The summed E-state index contributed by atoms with van der Waals surface area (Å²) in [6.45, 7) is 0. The molecule has 0 aliphatic rings. The van der Waals surface area contributed by atoms with Crippen LogP contribution in [0, 0.1) is 0 Å². The first-order chi connectivity index (χ1) is 5.88. The fourth-order valence-electron chi connectivity index (χ4n) is 0.764. The summed E-state index contributed by atoms with van der Waals surface area (Å²) in [5, 5.41) is 3.97. The van der Waals surface area contributed by atoms with Crippen LogP contribution >= 0.6 is 0 Å². The Morgan fingerprint density at radius 2 is 2.25 bits per heavy atom. The molecule has 1 amide bonds. The quantitative estimate of drug-likeness (QED) is 0.549. The second kappa shape index (κ2) is 4.07. The van der Waals surface area contributed by atoms with Gasteiger partial charge in [0.1, 0.15) is 0 Å². The Hall–Kier alpha value is -1.91. The molecule has 0 spiro atoms. The van der Waals surface area contributed by atoms with Gasteiger partial charge in [0, 0.05) is 18.5 Å². The Kier molecular flexibility index (Phi) is 2.78. The Labute approximate surface area is 68.8 Å². The molecule has 2 aromatic rings. The van der Waals surface area contributed by atoms with Crippen LogP contribution in [0.2, 0.25) is 0 Å². The summed E-state index contributed by atoms with van der Waals surface area (Å²) in [4.78, 5) is 12.6. The largest absolute Gasteiger partial charge is 0.372 e. The normalized spacial score (nSPS) is 8.67. The van der Waals surface area contributed by atoms with Crippen molar-refractivity contribution in [2.75, 3.05) is 0 Å². The number of amides is 1. The number of carbonyl (C=O) groups is 1. The zero-order chi connectivity index (χ0) is 8.81. The first-order valence-electron chi connectivity index (χ1n) is 3.28. The molecule has 2 rings (SSSR count). The van der Waals surface area contributed by atoms with Crippen LogP contribution in [0.5, 0.6) is 0 Å². The SMILES string of the molecule is NC=O.c1cnc2ccnn2c1. The average molecular weight is 164 g/mol. The average Bonchev–Trinajstić information content (AvgIpc) is 2.52. The van der Waals surface area contributed by atoms with Crippen molar-refractivity contribution in [1.29, 1.82) is 0 Å². The maximum absolute atomic E-state index is 8.58. The molecule has 0 radical (unpaired) electrons. The van der Waals surface area contributed by atoms with E-state index in [0.717, 1.165) is 5.65 Å². The van der Waals surface area contributed by atoms with E-state index in [1.54, 1.807) is 16.9 Å². The molecule has 0 aliphatic heterocycles. The molecule has 2 aromatic heterocycles. The lowest BCUT2D eigenvalue weighted by Crippen LogP contribution is -1.85. The molecule has 0 atom stereocenters. The smallest absolute Gasteiger partial charge is 0.204 e. The van der Waals surface area contributed by atoms with Gasteiger partial charge in [0.05, 0.1) is 6.20 Å². The van der Waals surface area contributed by atoms with E-state index in [4.69, 9.17) is 4.79 Å². The lowest BCUT2D eigenvalue weighted by atomic mass is 10.6. The van der Waals surface area contributed by atoms with Gasteiger partial charge >= 0.3 is 0 Å². The lowest BCUT2D eigenvalue weighted by molar-refractivity contribution is -0.106. The number of rotatable bonds is 0. The van der Waals surface area contributed by atoms with E-state index in [1.807, 2.05) is 18.3 Å². The molecule has 0 aliphatic carbocycles. The highest BCUT2D eigenvalue weighted by molar-refractivity contribution is 5.42. The maximum atomic E-state index is 8.58. The van der Waals surface area contributed by atoms with Gasteiger partial charge in [0.15, 0.2) is 5.65 Å². The minimum absolute atomic E-state index is 0.250. The minimum atomic E-state index is 0.250. The van der Waals surface area contributed by atoms with Crippen LogP contribution in [-0.4, -0.2) is 21.0 Å². The van der Waals surface area contributed by atoms with E-state index >= 15 is 0 Å². The molecule has 0 unspecified atom stereocenters. The summed E-state index contributed by atoms with van der Waals surface area (Å²) in [6, 6.07) is 3.71. The van der Waals surface area contributed by atoms with Gasteiger partial charge in [-0.3, -0.25) is 4.79 Å². The number of nitrogens with zero attached hydrogens (tertiary/aromatic N) is 3. The number of primary amides is 1. The fourth-order valence-corrected chi connectivity index (χ4v) is 0.764. The number of hydrogen-bond donors (Lipinski definition) is 1. The Balaban J connectivity index is 0.000000213. The number of hydrogen-bond acceptors (Lipinski definition) is 3. The molecule has 0 aromatic carbocycles. The molecule has 2 heterocycles. The van der Waals surface area contributed by atoms with Gasteiger partial charge < -0.3 is 5.73 Å². The third-order valence-electron chi connectivity index (χ3n) is 1.17. The van der Waals surface area contributed by atoms with Crippen LogP contribution in [0.1, 0.15) is 0 Å². The van der Waals surface area contributed by atoms with Crippen LogP contribution in [0.15, 0.2) is 30.7 Å². The number of carbonyl (C=O) groups excluding carboxylic acids is 1. The monoisotopic (exact) mass is 164 g/mol. The molecule has 12 heavy (non-hydrogen) atoms. The van der Waals surface area contributed by atoms with Gasteiger partial charge in [-0.15, -0.1) is 0 Å². The predicted molar refractivity (Wildman–Crippen MR) is 43.2 cm³/mol. The van der Waals surface area contributed by atoms with Gasteiger partial charge in [0.25, 0.3) is 0 Å². The summed E-state index contributed by atoms with van der Waals surface area (Å²) in [5.74, 6) is 0. The van der Waals surface area contributed by atoms with Gasteiger partial charge in [-0.2, -0.15) is 5.10 Å². The van der Waals surface area contributed by atoms with E-state index < -0.39 is 0 Å². The molecule has 62 valence electrons.